The van der Waals surface area contributed by atoms with Crippen molar-refractivity contribution in [3.8, 4) is 5.75 Å². The molecule has 0 radical (unpaired) electrons. The van der Waals surface area contributed by atoms with Gasteiger partial charge in [-0.15, -0.1) is 0 Å². The number of methoxy groups -OCH3 is 1. The molecule has 0 bridgehead atoms. The highest BCUT2D eigenvalue weighted by Gasteiger charge is 2.18. The Morgan fingerprint density at radius 3 is 2.71 bits per heavy atom. The van der Waals surface area contributed by atoms with Gasteiger partial charge < -0.3 is 10.5 Å². The highest BCUT2D eigenvalue weighted by molar-refractivity contribution is 7.89. The molecule has 21 heavy (non-hydrogen) atoms. The Balaban J connectivity index is 2.22. The molecule has 3 N–H and O–H groups in total. The topological polar surface area (TPSA) is 94.3 Å². The summed E-state index contributed by atoms with van der Waals surface area (Å²) in [5, 5.41) is 0. The highest BCUT2D eigenvalue weighted by Crippen LogP contribution is 2.18. The van der Waals surface area contributed by atoms with Crippen LogP contribution in [-0.4, -0.2) is 20.5 Å². The molecule has 0 aliphatic rings. The van der Waals surface area contributed by atoms with Crippen molar-refractivity contribution in [3.05, 3.63) is 53.9 Å². The fourth-order valence-electron chi connectivity index (χ4n) is 1.92. The maximum Gasteiger partial charge on any atom is 0.242 e. The van der Waals surface area contributed by atoms with Gasteiger partial charge in [-0.1, -0.05) is 18.2 Å². The fourth-order valence-corrected chi connectivity index (χ4v) is 3.13. The molecule has 1 aromatic heterocycles. The van der Waals surface area contributed by atoms with E-state index >= 15 is 0 Å². The number of nitrogens with zero attached hydrogens (tertiary/aromatic N) is 1. The minimum atomic E-state index is -3.67. The Morgan fingerprint density at radius 2 is 2.00 bits per heavy atom. The molecule has 0 saturated heterocycles. The summed E-state index contributed by atoms with van der Waals surface area (Å²) in [5.74, 6) is 0.630. The van der Waals surface area contributed by atoms with E-state index < -0.39 is 10.0 Å². The van der Waals surface area contributed by atoms with Crippen LogP contribution in [0.2, 0.25) is 0 Å². The van der Waals surface area contributed by atoms with Gasteiger partial charge >= 0.3 is 0 Å². The van der Waals surface area contributed by atoms with Crippen molar-refractivity contribution < 1.29 is 13.2 Å². The van der Waals surface area contributed by atoms with Crippen molar-refractivity contribution in [3.63, 3.8) is 0 Å². The number of nitrogens with two attached hydrogens (primary N) is 1. The lowest BCUT2D eigenvalue weighted by atomic mass is 10.2. The quantitative estimate of drug-likeness (QED) is 0.831. The predicted molar refractivity (Wildman–Crippen MR) is 79.1 cm³/mol. The Hall–Kier alpha value is -1.96. The fraction of sp³-hybridized carbons (Fsp3) is 0.214. The van der Waals surface area contributed by atoms with E-state index in [9.17, 15) is 8.42 Å². The second-order valence-corrected chi connectivity index (χ2v) is 6.02. The van der Waals surface area contributed by atoms with Crippen LogP contribution in [0, 0.1) is 0 Å². The van der Waals surface area contributed by atoms with Crippen molar-refractivity contribution in [2.45, 2.75) is 18.0 Å². The first-order chi connectivity index (χ1) is 10.1. The summed E-state index contributed by atoms with van der Waals surface area (Å²) in [6.45, 7) is 0.191. The molecular weight excluding hydrogens is 290 g/mol. The van der Waals surface area contributed by atoms with Crippen LogP contribution in [0.3, 0.4) is 0 Å². The molecule has 2 aromatic rings. The highest BCUT2D eigenvalue weighted by atomic mass is 32.2. The molecule has 0 fully saturated rings. The normalized spacial score (nSPS) is 11.3. The van der Waals surface area contributed by atoms with Crippen LogP contribution in [0.15, 0.2) is 47.5 Å². The van der Waals surface area contributed by atoms with Crippen molar-refractivity contribution in [2.75, 3.05) is 7.11 Å². The zero-order chi connectivity index (χ0) is 15.3. The molecule has 0 amide bonds. The lowest BCUT2D eigenvalue weighted by Gasteiger charge is -2.11. The number of hydrogen-bond acceptors (Lipinski definition) is 5. The number of sulfonamides is 1. The SMILES string of the molecule is COc1ccccc1CNS(=O)(=O)c1cccnc1CN. The molecule has 1 aromatic carbocycles. The van der Waals surface area contributed by atoms with Crippen molar-refractivity contribution in [1.29, 1.82) is 0 Å². The van der Waals surface area contributed by atoms with Crippen LogP contribution in [0.25, 0.3) is 0 Å². The van der Waals surface area contributed by atoms with Crippen LogP contribution in [0.5, 0.6) is 5.75 Å². The number of aromatic nitrogens is 1. The number of ether oxygens (including phenoxy) is 1. The Bertz CT molecular complexity index is 717. The van der Waals surface area contributed by atoms with Gasteiger partial charge in [0.25, 0.3) is 0 Å². The van der Waals surface area contributed by atoms with E-state index in [0.717, 1.165) is 5.56 Å². The van der Waals surface area contributed by atoms with Gasteiger partial charge in [0.2, 0.25) is 10.0 Å². The maximum atomic E-state index is 12.3. The van der Waals surface area contributed by atoms with Gasteiger partial charge in [-0.05, 0) is 18.2 Å². The maximum absolute atomic E-state index is 12.3. The van der Waals surface area contributed by atoms with E-state index in [2.05, 4.69) is 9.71 Å². The summed E-state index contributed by atoms with van der Waals surface area (Å²) >= 11 is 0. The standard InChI is InChI=1S/C14H17N3O3S/c1-20-13-6-3-2-5-11(13)10-17-21(18,19)14-7-4-8-16-12(14)9-15/h2-8,17H,9-10,15H2,1H3. The average Bonchev–Trinajstić information content (AvgIpc) is 2.53. The summed E-state index contributed by atoms with van der Waals surface area (Å²) in [4.78, 5) is 4.08. The van der Waals surface area contributed by atoms with E-state index in [1.54, 1.807) is 25.3 Å². The molecule has 0 unspecified atom stereocenters. The van der Waals surface area contributed by atoms with Gasteiger partial charge in [-0.25, -0.2) is 13.1 Å². The van der Waals surface area contributed by atoms with E-state index in [1.807, 2.05) is 12.1 Å². The molecule has 7 heteroatoms. The van der Waals surface area contributed by atoms with Crippen LogP contribution in [-0.2, 0) is 23.1 Å². The largest absolute Gasteiger partial charge is 0.496 e. The molecule has 0 saturated carbocycles. The first kappa shape index (κ1) is 15.4. The molecule has 0 aliphatic heterocycles. The molecule has 112 valence electrons. The van der Waals surface area contributed by atoms with Crippen LogP contribution >= 0.6 is 0 Å². The molecule has 1 heterocycles. The van der Waals surface area contributed by atoms with Crippen LogP contribution < -0.4 is 15.2 Å². The first-order valence-corrected chi connectivity index (χ1v) is 7.82. The van der Waals surface area contributed by atoms with Gasteiger partial charge in [0.15, 0.2) is 0 Å². The smallest absolute Gasteiger partial charge is 0.242 e. The Labute approximate surface area is 124 Å². The lowest BCUT2D eigenvalue weighted by molar-refractivity contribution is 0.409. The number of nitrogens with one attached hydrogen (secondary N) is 1. The summed E-state index contributed by atoms with van der Waals surface area (Å²) < 4.78 is 32.4. The van der Waals surface area contributed by atoms with Crippen LogP contribution in [0.4, 0.5) is 0 Å². The summed E-state index contributed by atoms with van der Waals surface area (Å²) in [7, 11) is -2.13. The van der Waals surface area contributed by atoms with E-state index in [0.29, 0.717) is 11.4 Å². The Kier molecular flexibility index (Phi) is 4.89. The van der Waals surface area contributed by atoms with Crippen LogP contribution in [0.1, 0.15) is 11.3 Å². The van der Waals surface area contributed by atoms with Gasteiger partial charge in [-0.3, -0.25) is 4.98 Å². The van der Waals surface area contributed by atoms with Gasteiger partial charge in [-0.2, -0.15) is 0 Å². The van der Waals surface area contributed by atoms with Crippen molar-refractivity contribution in [1.82, 2.24) is 9.71 Å². The summed E-state index contributed by atoms with van der Waals surface area (Å²) in [5.41, 5.74) is 6.62. The molecule has 6 nitrogen and oxygen atoms in total. The van der Waals surface area contributed by atoms with Gasteiger partial charge in [0, 0.05) is 24.8 Å². The molecule has 2 rings (SSSR count). The Morgan fingerprint density at radius 1 is 1.24 bits per heavy atom. The first-order valence-electron chi connectivity index (χ1n) is 6.34. The number of hydrogen-bond donors (Lipinski definition) is 2. The zero-order valence-corrected chi connectivity index (χ0v) is 12.4. The average molecular weight is 307 g/mol. The molecular formula is C14H17N3O3S. The lowest BCUT2D eigenvalue weighted by Crippen LogP contribution is -2.25. The minimum Gasteiger partial charge on any atom is -0.496 e. The number of rotatable bonds is 6. The molecule has 0 aliphatic carbocycles. The number of benzene rings is 1. The third kappa shape index (κ3) is 3.57. The third-order valence-electron chi connectivity index (χ3n) is 2.98. The van der Waals surface area contributed by atoms with E-state index in [4.69, 9.17) is 10.5 Å². The number of para-hydroxylation sites is 1. The summed E-state index contributed by atoms with van der Waals surface area (Å²) in [6.07, 6.45) is 1.52. The second kappa shape index (κ2) is 6.66. The van der Waals surface area contributed by atoms with E-state index in [1.165, 1.54) is 12.3 Å². The van der Waals surface area contributed by atoms with Crippen molar-refractivity contribution in [2.24, 2.45) is 5.73 Å². The second-order valence-electron chi connectivity index (χ2n) is 4.29. The zero-order valence-electron chi connectivity index (χ0n) is 11.6. The third-order valence-corrected chi connectivity index (χ3v) is 4.45. The van der Waals surface area contributed by atoms with E-state index in [-0.39, 0.29) is 18.0 Å². The molecule has 0 atom stereocenters. The molecule has 0 spiro atoms. The number of pyridine rings is 1. The predicted octanol–water partition coefficient (Wildman–Crippen LogP) is 1.03. The minimum absolute atomic E-state index is 0.0613. The van der Waals surface area contributed by atoms with Crippen molar-refractivity contribution >= 4 is 10.0 Å². The van der Waals surface area contributed by atoms with Gasteiger partial charge in [0.05, 0.1) is 12.8 Å². The summed E-state index contributed by atoms with van der Waals surface area (Å²) in [6, 6.07) is 10.3. The monoisotopic (exact) mass is 307 g/mol. The van der Waals surface area contributed by atoms with Gasteiger partial charge in [0.1, 0.15) is 10.6 Å².